The maximum absolute atomic E-state index is 11.7. The Morgan fingerprint density at radius 1 is 1.37 bits per heavy atom. The number of esters is 1. The van der Waals surface area contributed by atoms with Crippen molar-refractivity contribution >= 4 is 29.3 Å². The van der Waals surface area contributed by atoms with Gasteiger partial charge in [0, 0.05) is 16.5 Å². The number of hydrogen-bond donors (Lipinski definition) is 1. The molecular formula is C14H20ClNO2S. The molecule has 0 aromatic heterocycles. The minimum absolute atomic E-state index is 0.173. The van der Waals surface area contributed by atoms with Crippen LogP contribution in [0.15, 0.2) is 24.3 Å². The van der Waals surface area contributed by atoms with Crippen molar-refractivity contribution in [3.8, 4) is 0 Å². The van der Waals surface area contributed by atoms with E-state index in [4.69, 9.17) is 16.3 Å². The van der Waals surface area contributed by atoms with E-state index in [1.54, 1.807) is 11.8 Å². The summed E-state index contributed by atoms with van der Waals surface area (Å²) >= 11 is 7.54. The van der Waals surface area contributed by atoms with Crippen LogP contribution in [0.1, 0.15) is 19.4 Å². The maximum atomic E-state index is 11.7. The number of hydrogen-bond acceptors (Lipinski definition) is 4. The van der Waals surface area contributed by atoms with Crippen molar-refractivity contribution < 1.29 is 9.53 Å². The molecule has 1 aromatic rings. The summed E-state index contributed by atoms with van der Waals surface area (Å²) in [5.41, 5.74) is 1.20. The Kier molecular flexibility index (Phi) is 7.94. The van der Waals surface area contributed by atoms with Crippen LogP contribution >= 0.6 is 23.4 Å². The summed E-state index contributed by atoms with van der Waals surface area (Å²) in [6.45, 7) is 4.98. The molecule has 0 radical (unpaired) electrons. The first-order valence-electron chi connectivity index (χ1n) is 6.39. The van der Waals surface area contributed by atoms with E-state index in [1.165, 1.54) is 5.56 Å². The molecule has 0 fully saturated rings. The molecule has 1 rings (SSSR count). The van der Waals surface area contributed by atoms with Gasteiger partial charge in [-0.2, -0.15) is 11.8 Å². The number of carbonyl (C=O) groups excluding carboxylic acids is 1. The van der Waals surface area contributed by atoms with Gasteiger partial charge in [-0.3, -0.25) is 4.79 Å². The Hall–Kier alpha value is -0.710. The summed E-state index contributed by atoms with van der Waals surface area (Å²) in [5, 5.41) is 3.89. The van der Waals surface area contributed by atoms with Crippen LogP contribution in [0.25, 0.3) is 0 Å². The minimum Gasteiger partial charge on any atom is -0.465 e. The first-order valence-corrected chi connectivity index (χ1v) is 7.92. The fourth-order valence-corrected chi connectivity index (χ4v) is 2.74. The molecule has 0 bridgehead atoms. The molecule has 5 heteroatoms. The third-order valence-electron chi connectivity index (χ3n) is 2.49. The van der Waals surface area contributed by atoms with Gasteiger partial charge in [-0.1, -0.05) is 30.7 Å². The topological polar surface area (TPSA) is 38.3 Å². The number of thioether (sulfide) groups is 1. The van der Waals surface area contributed by atoms with Gasteiger partial charge in [0.25, 0.3) is 0 Å². The molecule has 0 heterocycles. The van der Waals surface area contributed by atoms with E-state index in [0.717, 1.165) is 17.3 Å². The van der Waals surface area contributed by atoms with Crippen LogP contribution in [0.4, 0.5) is 0 Å². The SMILES string of the molecule is CCNC(CSCc1ccc(Cl)cc1)C(=O)OCC. The van der Waals surface area contributed by atoms with Crippen molar-refractivity contribution in [1.29, 1.82) is 0 Å². The van der Waals surface area contributed by atoms with Gasteiger partial charge in [0.2, 0.25) is 0 Å². The van der Waals surface area contributed by atoms with Gasteiger partial charge in [0.1, 0.15) is 6.04 Å². The molecule has 1 atom stereocenters. The second-order valence-electron chi connectivity index (χ2n) is 4.00. The molecule has 19 heavy (non-hydrogen) atoms. The van der Waals surface area contributed by atoms with Crippen molar-refractivity contribution in [3.63, 3.8) is 0 Å². The Balaban J connectivity index is 2.39. The van der Waals surface area contributed by atoms with Crippen LogP contribution in [0.5, 0.6) is 0 Å². The second-order valence-corrected chi connectivity index (χ2v) is 5.47. The number of halogens is 1. The van der Waals surface area contributed by atoms with Crippen molar-refractivity contribution in [3.05, 3.63) is 34.9 Å². The van der Waals surface area contributed by atoms with Crippen LogP contribution in [-0.4, -0.2) is 30.9 Å². The standard InChI is InChI=1S/C14H20ClNO2S/c1-3-16-13(14(17)18-4-2)10-19-9-11-5-7-12(15)8-6-11/h5-8,13,16H,3-4,9-10H2,1-2H3. The summed E-state index contributed by atoms with van der Waals surface area (Å²) in [4.78, 5) is 11.7. The van der Waals surface area contributed by atoms with Gasteiger partial charge in [0.15, 0.2) is 0 Å². The first kappa shape index (κ1) is 16.3. The molecule has 106 valence electrons. The number of benzene rings is 1. The zero-order valence-corrected chi connectivity index (χ0v) is 12.9. The van der Waals surface area contributed by atoms with Crippen molar-refractivity contribution in [2.45, 2.75) is 25.6 Å². The second kappa shape index (κ2) is 9.23. The van der Waals surface area contributed by atoms with Crippen LogP contribution in [0, 0.1) is 0 Å². The highest BCUT2D eigenvalue weighted by Crippen LogP contribution is 2.16. The number of carbonyl (C=O) groups is 1. The smallest absolute Gasteiger partial charge is 0.323 e. The molecule has 0 aliphatic rings. The molecule has 0 spiro atoms. The number of rotatable bonds is 8. The van der Waals surface area contributed by atoms with Crippen LogP contribution in [0.3, 0.4) is 0 Å². The lowest BCUT2D eigenvalue weighted by Crippen LogP contribution is -2.40. The fraction of sp³-hybridized carbons (Fsp3) is 0.500. The largest absolute Gasteiger partial charge is 0.465 e. The van der Waals surface area contributed by atoms with Gasteiger partial charge in [0.05, 0.1) is 6.61 Å². The third kappa shape index (κ3) is 6.32. The molecule has 1 N–H and O–H groups in total. The highest BCUT2D eigenvalue weighted by atomic mass is 35.5. The van der Waals surface area contributed by atoms with Gasteiger partial charge >= 0.3 is 5.97 Å². The molecule has 0 saturated carbocycles. The number of nitrogens with one attached hydrogen (secondary N) is 1. The predicted octanol–water partition coefficient (Wildman–Crippen LogP) is 3.11. The monoisotopic (exact) mass is 301 g/mol. The van der Waals surface area contributed by atoms with Gasteiger partial charge in [-0.25, -0.2) is 0 Å². The lowest BCUT2D eigenvalue weighted by molar-refractivity contribution is -0.144. The van der Waals surface area contributed by atoms with E-state index in [1.807, 2.05) is 38.1 Å². The van der Waals surface area contributed by atoms with E-state index in [9.17, 15) is 4.79 Å². The zero-order chi connectivity index (χ0) is 14.1. The average molecular weight is 302 g/mol. The highest BCUT2D eigenvalue weighted by Gasteiger charge is 2.18. The quantitative estimate of drug-likeness (QED) is 0.749. The zero-order valence-electron chi connectivity index (χ0n) is 11.3. The molecule has 0 aliphatic heterocycles. The summed E-state index contributed by atoms with van der Waals surface area (Å²) < 4.78 is 5.04. The molecule has 1 unspecified atom stereocenters. The third-order valence-corrected chi connectivity index (χ3v) is 3.85. The summed E-state index contributed by atoms with van der Waals surface area (Å²) in [6, 6.07) is 7.53. The van der Waals surface area contributed by atoms with Gasteiger partial charge in [-0.15, -0.1) is 0 Å². The molecular weight excluding hydrogens is 282 g/mol. The average Bonchev–Trinajstić information content (AvgIpc) is 2.40. The van der Waals surface area contributed by atoms with E-state index < -0.39 is 0 Å². The van der Waals surface area contributed by atoms with Gasteiger partial charge < -0.3 is 10.1 Å². The Labute approximate surface area is 124 Å². The fourth-order valence-electron chi connectivity index (χ4n) is 1.57. The van der Waals surface area contributed by atoms with Crippen LogP contribution in [-0.2, 0) is 15.3 Å². The molecule has 0 aliphatic carbocycles. The van der Waals surface area contributed by atoms with Crippen molar-refractivity contribution in [2.75, 3.05) is 18.9 Å². The van der Waals surface area contributed by atoms with Crippen LogP contribution < -0.4 is 5.32 Å². The van der Waals surface area contributed by atoms with E-state index in [0.29, 0.717) is 12.4 Å². The van der Waals surface area contributed by atoms with E-state index >= 15 is 0 Å². The lowest BCUT2D eigenvalue weighted by atomic mass is 10.2. The van der Waals surface area contributed by atoms with Gasteiger partial charge in [-0.05, 0) is 31.2 Å². The first-order chi connectivity index (χ1) is 9.17. The Morgan fingerprint density at radius 2 is 2.05 bits per heavy atom. The lowest BCUT2D eigenvalue weighted by Gasteiger charge is -2.15. The van der Waals surface area contributed by atoms with E-state index in [-0.39, 0.29) is 12.0 Å². The molecule has 0 saturated heterocycles. The van der Waals surface area contributed by atoms with Crippen molar-refractivity contribution in [1.82, 2.24) is 5.32 Å². The Bertz CT molecular complexity index is 384. The van der Waals surface area contributed by atoms with Crippen LogP contribution in [0.2, 0.25) is 5.02 Å². The van der Waals surface area contributed by atoms with Crippen molar-refractivity contribution in [2.24, 2.45) is 0 Å². The summed E-state index contributed by atoms with van der Waals surface area (Å²) in [7, 11) is 0. The Morgan fingerprint density at radius 3 is 2.63 bits per heavy atom. The summed E-state index contributed by atoms with van der Waals surface area (Å²) in [6.07, 6.45) is 0. The van der Waals surface area contributed by atoms with E-state index in [2.05, 4.69) is 5.32 Å². The molecule has 1 aromatic carbocycles. The molecule has 0 amide bonds. The minimum atomic E-state index is -0.234. The number of likely N-dealkylation sites (N-methyl/N-ethyl adjacent to an activating group) is 1. The maximum Gasteiger partial charge on any atom is 0.323 e. The predicted molar refractivity (Wildman–Crippen MR) is 81.7 cm³/mol. The normalized spacial score (nSPS) is 12.2. The number of ether oxygens (including phenoxy) is 1. The summed E-state index contributed by atoms with van der Waals surface area (Å²) in [5.74, 6) is 1.39. The highest BCUT2D eigenvalue weighted by molar-refractivity contribution is 7.98. The molecule has 3 nitrogen and oxygen atoms in total.